The predicted octanol–water partition coefficient (Wildman–Crippen LogP) is 2.98. The minimum atomic E-state index is -0.558. The molecule has 2 unspecified atom stereocenters. The molecule has 0 saturated carbocycles. The Morgan fingerprint density at radius 3 is 2.48 bits per heavy atom. The zero-order valence-corrected chi connectivity index (χ0v) is 13.9. The van der Waals surface area contributed by atoms with Crippen molar-refractivity contribution in [3.05, 3.63) is 0 Å². The maximum atomic E-state index is 12.8. The topological polar surface area (TPSA) is 48.0 Å². The number of hydrogen-bond acceptors (Lipinski definition) is 4. The molecule has 2 atom stereocenters. The van der Waals surface area contributed by atoms with Gasteiger partial charge >= 0.3 is 6.09 Å². The largest absolute Gasteiger partial charge is 0.444 e. The molecule has 0 aromatic heterocycles. The third-order valence-electron chi connectivity index (χ3n) is 3.13. The lowest BCUT2D eigenvalue weighted by atomic mass is 9.97. The van der Waals surface area contributed by atoms with E-state index >= 15 is 0 Å². The van der Waals surface area contributed by atoms with Crippen LogP contribution >= 0.6 is 0 Å². The van der Waals surface area contributed by atoms with Gasteiger partial charge < -0.3 is 14.2 Å². The monoisotopic (exact) mass is 305 g/mol. The summed E-state index contributed by atoms with van der Waals surface area (Å²) in [5.74, 6) is 0. The highest BCUT2D eigenvalue weighted by molar-refractivity contribution is 5.68. The standard InChI is InChI=1S/C15H28FNO4/c1-11-12(20-10-15(5,6)9-16)19-8-7-17(11)13(18)21-14(2,3)4/h11-12H,7-10H2,1-6H3. The zero-order valence-electron chi connectivity index (χ0n) is 13.9. The van der Waals surface area contributed by atoms with E-state index < -0.39 is 24.0 Å². The van der Waals surface area contributed by atoms with Gasteiger partial charge in [-0.05, 0) is 27.7 Å². The first kappa shape index (κ1) is 18.2. The van der Waals surface area contributed by atoms with Crippen LogP contribution in [0.25, 0.3) is 0 Å². The number of hydrogen-bond donors (Lipinski definition) is 0. The molecule has 21 heavy (non-hydrogen) atoms. The van der Waals surface area contributed by atoms with E-state index in [9.17, 15) is 9.18 Å². The van der Waals surface area contributed by atoms with Gasteiger partial charge in [-0.2, -0.15) is 0 Å². The summed E-state index contributed by atoms with van der Waals surface area (Å²) in [5.41, 5.74) is -1.10. The van der Waals surface area contributed by atoms with Crippen molar-refractivity contribution in [1.29, 1.82) is 0 Å². The van der Waals surface area contributed by atoms with Gasteiger partial charge in [-0.3, -0.25) is 9.29 Å². The van der Waals surface area contributed by atoms with Crippen LogP contribution in [-0.2, 0) is 14.2 Å². The third-order valence-corrected chi connectivity index (χ3v) is 3.13. The molecule has 0 N–H and O–H groups in total. The molecule has 1 fully saturated rings. The molecule has 1 amide bonds. The molecule has 0 radical (unpaired) electrons. The maximum Gasteiger partial charge on any atom is 0.410 e. The van der Waals surface area contributed by atoms with Gasteiger partial charge in [0, 0.05) is 12.0 Å². The quantitative estimate of drug-likeness (QED) is 0.801. The number of carbonyl (C=O) groups excluding carboxylic acids is 1. The number of nitrogens with zero attached hydrogens (tertiary/aromatic N) is 1. The summed E-state index contributed by atoms with van der Waals surface area (Å²) >= 11 is 0. The Balaban J connectivity index is 2.60. The number of amides is 1. The summed E-state index contributed by atoms with van der Waals surface area (Å²) in [5, 5.41) is 0. The minimum Gasteiger partial charge on any atom is -0.444 e. The van der Waals surface area contributed by atoms with Crippen LogP contribution in [-0.4, -0.2) is 55.4 Å². The maximum absolute atomic E-state index is 12.8. The first-order valence-electron chi connectivity index (χ1n) is 7.34. The van der Waals surface area contributed by atoms with E-state index in [0.29, 0.717) is 13.2 Å². The van der Waals surface area contributed by atoms with Crippen molar-refractivity contribution in [3.8, 4) is 0 Å². The average molecular weight is 305 g/mol. The molecule has 1 aliphatic heterocycles. The molecule has 0 spiro atoms. The van der Waals surface area contributed by atoms with Gasteiger partial charge in [-0.1, -0.05) is 13.8 Å². The summed E-state index contributed by atoms with van der Waals surface area (Å²) in [6.07, 6.45) is -0.936. The van der Waals surface area contributed by atoms with E-state index in [4.69, 9.17) is 14.2 Å². The van der Waals surface area contributed by atoms with Gasteiger partial charge in [0.05, 0.1) is 25.9 Å². The second-order valence-electron chi connectivity index (χ2n) is 7.26. The number of alkyl halides is 1. The Kier molecular flexibility index (Phi) is 5.99. The van der Waals surface area contributed by atoms with Gasteiger partial charge in [0.1, 0.15) is 5.60 Å². The van der Waals surface area contributed by atoms with Crippen LogP contribution in [0.5, 0.6) is 0 Å². The minimum absolute atomic E-state index is 0.237. The van der Waals surface area contributed by atoms with Crippen LogP contribution < -0.4 is 0 Å². The molecule has 124 valence electrons. The van der Waals surface area contributed by atoms with E-state index in [1.807, 2.05) is 27.7 Å². The predicted molar refractivity (Wildman–Crippen MR) is 77.9 cm³/mol. The Morgan fingerprint density at radius 2 is 1.95 bits per heavy atom. The SMILES string of the molecule is CC1C(OCC(C)(C)CF)OCCN1C(=O)OC(C)(C)C. The molecule has 0 bridgehead atoms. The van der Waals surface area contributed by atoms with Crippen LogP contribution in [0.2, 0.25) is 0 Å². The van der Waals surface area contributed by atoms with Crippen LogP contribution in [0.15, 0.2) is 0 Å². The molecule has 0 aliphatic carbocycles. The Hall–Kier alpha value is -0.880. The lowest BCUT2D eigenvalue weighted by molar-refractivity contribution is -0.211. The van der Waals surface area contributed by atoms with Crippen LogP contribution in [0, 0.1) is 5.41 Å². The number of carbonyl (C=O) groups is 1. The van der Waals surface area contributed by atoms with Gasteiger partial charge in [-0.25, -0.2) is 4.79 Å². The van der Waals surface area contributed by atoms with Gasteiger partial charge in [0.2, 0.25) is 0 Å². The summed E-state index contributed by atoms with van der Waals surface area (Å²) in [4.78, 5) is 13.8. The van der Waals surface area contributed by atoms with Crippen LogP contribution in [0.4, 0.5) is 9.18 Å². The molecular formula is C15H28FNO4. The molecular weight excluding hydrogens is 277 g/mol. The van der Waals surface area contributed by atoms with Crippen LogP contribution in [0.3, 0.4) is 0 Å². The number of ether oxygens (including phenoxy) is 3. The Morgan fingerprint density at radius 1 is 1.33 bits per heavy atom. The number of morpholine rings is 1. The lowest BCUT2D eigenvalue weighted by Gasteiger charge is -2.40. The zero-order chi connectivity index (χ0) is 16.3. The fourth-order valence-corrected chi connectivity index (χ4v) is 1.87. The Labute approximate surface area is 126 Å². The van der Waals surface area contributed by atoms with E-state index in [1.165, 1.54) is 0 Å². The van der Waals surface area contributed by atoms with Crippen molar-refractivity contribution in [1.82, 2.24) is 4.90 Å². The second-order valence-corrected chi connectivity index (χ2v) is 7.26. The summed E-state index contributed by atoms with van der Waals surface area (Å²) in [6.45, 7) is 11.5. The normalized spacial score (nSPS) is 24.0. The average Bonchev–Trinajstić information content (AvgIpc) is 2.35. The van der Waals surface area contributed by atoms with E-state index in [1.54, 1.807) is 18.7 Å². The Bertz CT molecular complexity index is 354. The summed E-state index contributed by atoms with van der Waals surface area (Å²) < 4.78 is 29.4. The second kappa shape index (κ2) is 6.92. The van der Waals surface area contributed by atoms with Crippen molar-refractivity contribution in [3.63, 3.8) is 0 Å². The van der Waals surface area contributed by atoms with Gasteiger partial charge in [0.25, 0.3) is 0 Å². The van der Waals surface area contributed by atoms with Gasteiger partial charge in [-0.15, -0.1) is 0 Å². The lowest BCUT2D eigenvalue weighted by Crippen LogP contribution is -2.54. The highest BCUT2D eigenvalue weighted by atomic mass is 19.1. The van der Waals surface area contributed by atoms with Crippen molar-refractivity contribution in [2.45, 2.75) is 59.5 Å². The molecule has 1 saturated heterocycles. The molecule has 0 aromatic rings. The third kappa shape index (κ3) is 5.79. The van der Waals surface area contributed by atoms with E-state index in [-0.39, 0.29) is 18.7 Å². The van der Waals surface area contributed by atoms with E-state index in [2.05, 4.69) is 0 Å². The smallest absolute Gasteiger partial charge is 0.410 e. The van der Waals surface area contributed by atoms with E-state index in [0.717, 1.165) is 0 Å². The first-order chi connectivity index (χ1) is 9.56. The summed E-state index contributed by atoms with van der Waals surface area (Å²) in [7, 11) is 0. The molecule has 6 heteroatoms. The fraction of sp³-hybridized carbons (Fsp3) is 0.933. The van der Waals surface area contributed by atoms with Crippen molar-refractivity contribution >= 4 is 6.09 Å². The molecule has 1 heterocycles. The van der Waals surface area contributed by atoms with Crippen molar-refractivity contribution in [2.75, 3.05) is 26.4 Å². The van der Waals surface area contributed by atoms with Crippen LogP contribution in [0.1, 0.15) is 41.5 Å². The first-order valence-corrected chi connectivity index (χ1v) is 7.34. The summed E-state index contributed by atoms with van der Waals surface area (Å²) in [6, 6.07) is -0.274. The fourth-order valence-electron chi connectivity index (χ4n) is 1.87. The highest BCUT2D eigenvalue weighted by Gasteiger charge is 2.36. The van der Waals surface area contributed by atoms with Crippen molar-refractivity contribution in [2.24, 2.45) is 5.41 Å². The molecule has 0 aromatic carbocycles. The highest BCUT2D eigenvalue weighted by Crippen LogP contribution is 2.22. The number of rotatable bonds is 4. The van der Waals surface area contributed by atoms with Crippen molar-refractivity contribution < 1.29 is 23.4 Å². The molecule has 5 nitrogen and oxygen atoms in total. The molecule has 1 rings (SSSR count). The number of halogens is 1. The van der Waals surface area contributed by atoms with Gasteiger partial charge in [0.15, 0.2) is 6.29 Å². The molecule has 1 aliphatic rings.